The van der Waals surface area contributed by atoms with E-state index in [0.29, 0.717) is 24.3 Å². The lowest BCUT2D eigenvalue weighted by Gasteiger charge is -2.36. The lowest BCUT2D eigenvalue weighted by Crippen LogP contribution is -2.54. The van der Waals surface area contributed by atoms with Gasteiger partial charge in [0.25, 0.3) is 0 Å². The highest BCUT2D eigenvalue weighted by Crippen LogP contribution is 2.66. The van der Waals surface area contributed by atoms with Crippen LogP contribution in [0.25, 0.3) is 0 Å². The quantitative estimate of drug-likeness (QED) is 0.581. The van der Waals surface area contributed by atoms with Gasteiger partial charge >= 0.3 is 0 Å². The summed E-state index contributed by atoms with van der Waals surface area (Å²) in [6.45, 7) is 1.66. The Morgan fingerprint density at radius 1 is 1.32 bits per heavy atom. The molecule has 2 unspecified atom stereocenters. The molecule has 1 aromatic rings. The standard InChI is InChI=1S/C22H29N3O5S/c1-4-13(11-26)25-18(20(28)24-12-5-7-14(30-3)8-6-12)22-10-9-15(31-22)16(19(27)23-2)17(22)21(25)29/h5-8,13,15-18,26H,4,9-11H2,1-3H3,(H,23,27)(H,24,28)/t13-,15+,16-,17-,18?,22?/m0/s1. The molecule has 9 heteroatoms. The molecule has 8 nitrogen and oxygen atoms in total. The van der Waals surface area contributed by atoms with Gasteiger partial charge in [-0.1, -0.05) is 6.92 Å². The number of amides is 3. The summed E-state index contributed by atoms with van der Waals surface area (Å²) in [7, 11) is 3.16. The predicted octanol–water partition coefficient (Wildman–Crippen LogP) is 1.24. The van der Waals surface area contributed by atoms with Crippen molar-refractivity contribution in [3.05, 3.63) is 24.3 Å². The SMILES string of the molecule is CC[C@@H](CO)N1C(=O)[C@@H]2[C@@H](C(=O)NC)[C@H]3CCC2(S3)C1C(=O)Nc1ccc(OC)cc1. The molecular weight excluding hydrogens is 418 g/mol. The number of hydrogen-bond acceptors (Lipinski definition) is 6. The van der Waals surface area contributed by atoms with E-state index in [1.165, 1.54) is 0 Å². The fourth-order valence-corrected chi connectivity index (χ4v) is 7.76. The van der Waals surface area contributed by atoms with Gasteiger partial charge < -0.3 is 25.4 Å². The maximum Gasteiger partial charge on any atom is 0.248 e. The Morgan fingerprint density at radius 3 is 2.61 bits per heavy atom. The molecule has 3 heterocycles. The van der Waals surface area contributed by atoms with Crippen LogP contribution < -0.4 is 15.4 Å². The van der Waals surface area contributed by atoms with Crippen molar-refractivity contribution in [3.8, 4) is 5.75 Å². The number of ether oxygens (including phenoxy) is 1. The molecule has 3 saturated heterocycles. The Morgan fingerprint density at radius 2 is 2.03 bits per heavy atom. The molecule has 3 fully saturated rings. The number of nitrogens with zero attached hydrogens (tertiary/aromatic N) is 1. The number of carbonyl (C=O) groups excluding carboxylic acids is 3. The third-order valence-corrected chi connectivity index (χ3v) is 8.92. The third kappa shape index (κ3) is 3.29. The minimum absolute atomic E-state index is 0.0292. The van der Waals surface area contributed by atoms with E-state index >= 15 is 0 Å². The average Bonchev–Trinajstić information content (AvgIpc) is 3.42. The zero-order valence-electron chi connectivity index (χ0n) is 18.0. The summed E-state index contributed by atoms with van der Waals surface area (Å²) in [6, 6.07) is 5.81. The van der Waals surface area contributed by atoms with E-state index in [4.69, 9.17) is 4.74 Å². The van der Waals surface area contributed by atoms with Crippen LogP contribution in [0.3, 0.4) is 0 Å². The number of rotatable bonds is 7. The van der Waals surface area contributed by atoms with Gasteiger partial charge in [0.2, 0.25) is 17.7 Å². The fourth-order valence-electron chi connectivity index (χ4n) is 5.55. The number of fused-ring (bicyclic) bond motifs is 1. The smallest absolute Gasteiger partial charge is 0.248 e. The first-order valence-corrected chi connectivity index (χ1v) is 11.6. The van der Waals surface area contributed by atoms with Gasteiger partial charge in [0.1, 0.15) is 11.8 Å². The topological polar surface area (TPSA) is 108 Å². The molecule has 4 rings (SSSR count). The Labute approximate surface area is 186 Å². The highest BCUT2D eigenvalue weighted by molar-refractivity contribution is 8.02. The van der Waals surface area contributed by atoms with Crippen molar-refractivity contribution in [2.24, 2.45) is 11.8 Å². The van der Waals surface area contributed by atoms with E-state index in [1.807, 2.05) is 6.92 Å². The van der Waals surface area contributed by atoms with Gasteiger partial charge in [-0.3, -0.25) is 14.4 Å². The molecule has 3 N–H and O–H groups in total. The van der Waals surface area contributed by atoms with Crippen molar-refractivity contribution < 1.29 is 24.2 Å². The first-order valence-electron chi connectivity index (χ1n) is 10.7. The highest BCUT2D eigenvalue weighted by Gasteiger charge is 2.74. The van der Waals surface area contributed by atoms with E-state index in [9.17, 15) is 19.5 Å². The summed E-state index contributed by atoms with van der Waals surface area (Å²) < 4.78 is 4.52. The normalized spacial score (nSPS) is 32.0. The summed E-state index contributed by atoms with van der Waals surface area (Å²) >= 11 is 1.61. The number of anilines is 1. The average molecular weight is 448 g/mol. The number of aliphatic hydroxyl groups is 1. The second-order valence-corrected chi connectivity index (χ2v) is 9.98. The van der Waals surface area contributed by atoms with E-state index in [-0.39, 0.29) is 29.6 Å². The lowest BCUT2D eigenvalue weighted by molar-refractivity contribution is -0.142. The van der Waals surface area contributed by atoms with Crippen LogP contribution in [-0.4, -0.2) is 70.6 Å². The molecule has 0 aliphatic carbocycles. The number of thioether (sulfide) groups is 1. The van der Waals surface area contributed by atoms with Crippen LogP contribution in [0.1, 0.15) is 26.2 Å². The van der Waals surface area contributed by atoms with E-state index in [2.05, 4.69) is 10.6 Å². The van der Waals surface area contributed by atoms with Crippen LogP contribution in [0.5, 0.6) is 5.75 Å². The second-order valence-electron chi connectivity index (χ2n) is 8.38. The van der Waals surface area contributed by atoms with Crippen molar-refractivity contribution >= 4 is 35.2 Å². The molecule has 0 aromatic heterocycles. The highest BCUT2D eigenvalue weighted by atomic mass is 32.2. The van der Waals surface area contributed by atoms with Gasteiger partial charge in [0.05, 0.1) is 36.3 Å². The first-order chi connectivity index (χ1) is 14.9. The minimum atomic E-state index is -0.742. The second kappa shape index (κ2) is 8.35. The Hall–Kier alpha value is -2.26. The summed E-state index contributed by atoms with van der Waals surface area (Å²) in [6.07, 6.45) is 2.02. The number of likely N-dealkylation sites (tertiary alicyclic amines) is 1. The summed E-state index contributed by atoms with van der Waals surface area (Å²) in [4.78, 5) is 41.5. The van der Waals surface area contributed by atoms with Gasteiger partial charge in [-0.05, 0) is 43.5 Å². The van der Waals surface area contributed by atoms with E-state index < -0.39 is 28.7 Å². The molecule has 3 amide bonds. The van der Waals surface area contributed by atoms with Crippen LogP contribution in [0.2, 0.25) is 0 Å². The molecule has 0 saturated carbocycles. The Kier molecular flexibility index (Phi) is 5.91. The molecule has 6 atom stereocenters. The van der Waals surface area contributed by atoms with Crippen LogP contribution in [0.4, 0.5) is 5.69 Å². The fraction of sp³-hybridized carbons (Fsp3) is 0.591. The number of aliphatic hydroxyl groups excluding tert-OH is 1. The number of methoxy groups -OCH3 is 1. The number of benzene rings is 1. The van der Waals surface area contributed by atoms with Gasteiger partial charge in [0, 0.05) is 18.0 Å². The van der Waals surface area contributed by atoms with Gasteiger partial charge in [-0.15, -0.1) is 11.8 Å². The molecule has 3 aliphatic heterocycles. The van der Waals surface area contributed by atoms with Crippen molar-refractivity contribution in [1.82, 2.24) is 10.2 Å². The first kappa shape index (κ1) is 22.0. The molecule has 31 heavy (non-hydrogen) atoms. The molecule has 0 radical (unpaired) electrons. The molecule has 2 bridgehead atoms. The van der Waals surface area contributed by atoms with E-state index in [1.54, 1.807) is 55.1 Å². The zero-order valence-corrected chi connectivity index (χ0v) is 18.8. The van der Waals surface area contributed by atoms with Crippen LogP contribution in [-0.2, 0) is 14.4 Å². The molecule has 1 aromatic carbocycles. The Balaban J connectivity index is 1.71. The summed E-state index contributed by atoms with van der Waals surface area (Å²) in [5, 5.41) is 15.7. The zero-order chi connectivity index (χ0) is 22.3. The van der Waals surface area contributed by atoms with Gasteiger partial charge in [-0.25, -0.2) is 0 Å². The maximum atomic E-state index is 13.6. The lowest BCUT2D eigenvalue weighted by atomic mass is 9.70. The summed E-state index contributed by atoms with van der Waals surface area (Å²) in [5.41, 5.74) is 0.607. The van der Waals surface area contributed by atoms with Gasteiger partial charge in [0.15, 0.2) is 0 Å². The molecule has 1 spiro atoms. The monoisotopic (exact) mass is 447 g/mol. The van der Waals surface area contributed by atoms with Gasteiger partial charge in [-0.2, -0.15) is 0 Å². The molecule has 3 aliphatic rings. The van der Waals surface area contributed by atoms with Crippen molar-refractivity contribution in [2.45, 2.75) is 48.3 Å². The molecule has 168 valence electrons. The van der Waals surface area contributed by atoms with Crippen molar-refractivity contribution in [3.63, 3.8) is 0 Å². The van der Waals surface area contributed by atoms with Crippen molar-refractivity contribution in [1.29, 1.82) is 0 Å². The maximum absolute atomic E-state index is 13.6. The predicted molar refractivity (Wildman–Crippen MR) is 118 cm³/mol. The summed E-state index contributed by atoms with van der Waals surface area (Å²) in [5.74, 6) is -0.945. The van der Waals surface area contributed by atoms with Crippen LogP contribution in [0.15, 0.2) is 24.3 Å². The van der Waals surface area contributed by atoms with Crippen LogP contribution in [0, 0.1) is 11.8 Å². The largest absolute Gasteiger partial charge is 0.497 e. The van der Waals surface area contributed by atoms with E-state index in [0.717, 1.165) is 6.42 Å². The Bertz CT molecular complexity index is 874. The number of nitrogens with one attached hydrogen (secondary N) is 2. The van der Waals surface area contributed by atoms with Crippen molar-refractivity contribution in [2.75, 3.05) is 26.1 Å². The van der Waals surface area contributed by atoms with Crippen LogP contribution >= 0.6 is 11.8 Å². The third-order valence-electron chi connectivity index (χ3n) is 6.97. The number of hydrogen-bond donors (Lipinski definition) is 3. The number of carbonyl (C=O) groups is 3. The molecular formula is C22H29N3O5S. The minimum Gasteiger partial charge on any atom is -0.497 e.